The van der Waals surface area contributed by atoms with E-state index >= 15 is 0 Å². The molecule has 0 saturated carbocycles. The van der Waals surface area contributed by atoms with Crippen molar-refractivity contribution in [2.45, 2.75) is 19.4 Å². The summed E-state index contributed by atoms with van der Waals surface area (Å²) in [6.07, 6.45) is 0.115. The molecule has 1 aliphatic heterocycles. The van der Waals surface area contributed by atoms with Gasteiger partial charge in [-0.1, -0.05) is 29.8 Å². The van der Waals surface area contributed by atoms with Gasteiger partial charge in [-0.3, -0.25) is 4.79 Å². The zero-order chi connectivity index (χ0) is 14.7. The molecule has 6 heteroatoms. The average Bonchev–Trinajstić information content (AvgIpc) is 2.33. The lowest BCUT2D eigenvalue weighted by atomic mass is 9.97. The van der Waals surface area contributed by atoms with Crippen LogP contribution in [0, 0.1) is 5.92 Å². The highest BCUT2D eigenvalue weighted by Crippen LogP contribution is 2.24. The van der Waals surface area contributed by atoms with E-state index < -0.39 is 5.97 Å². The van der Waals surface area contributed by atoms with Crippen LogP contribution >= 0.6 is 11.6 Å². The molecule has 1 fully saturated rings. The molecule has 0 radical (unpaired) electrons. The van der Waals surface area contributed by atoms with Crippen LogP contribution < -0.4 is 5.32 Å². The van der Waals surface area contributed by atoms with Gasteiger partial charge in [0.2, 0.25) is 0 Å². The molecular formula is C14H17ClN2O3. The van der Waals surface area contributed by atoms with Crippen LogP contribution in [-0.2, 0) is 4.79 Å². The summed E-state index contributed by atoms with van der Waals surface area (Å²) in [6, 6.07) is 7.00. The molecule has 2 rings (SSSR count). The number of hydrogen-bond donors (Lipinski definition) is 2. The topological polar surface area (TPSA) is 69.6 Å². The maximum atomic E-state index is 12.0. The Labute approximate surface area is 122 Å². The molecule has 5 nitrogen and oxygen atoms in total. The number of carboxylic acid groups (broad SMARTS) is 1. The third kappa shape index (κ3) is 3.42. The Morgan fingerprint density at radius 3 is 2.70 bits per heavy atom. The van der Waals surface area contributed by atoms with E-state index in [-0.39, 0.29) is 24.4 Å². The molecule has 0 spiro atoms. The molecule has 1 saturated heterocycles. The van der Waals surface area contributed by atoms with Crippen LogP contribution in [0.5, 0.6) is 0 Å². The summed E-state index contributed by atoms with van der Waals surface area (Å²) in [5, 5.41) is 12.2. The number of halogens is 1. The fourth-order valence-corrected chi connectivity index (χ4v) is 2.59. The standard InChI is InChI=1S/C14H17ClN2O3/c1-9(11-4-2-3-5-12(11)15)16-14(20)17-7-10(8-17)6-13(18)19/h2-5,9-10H,6-8H2,1H3,(H,16,20)(H,18,19). The molecule has 0 aliphatic carbocycles. The highest BCUT2D eigenvalue weighted by molar-refractivity contribution is 6.31. The van der Waals surface area contributed by atoms with Crippen LogP contribution in [0.4, 0.5) is 4.79 Å². The fraction of sp³-hybridized carbons (Fsp3) is 0.429. The minimum Gasteiger partial charge on any atom is -0.481 e. The molecule has 0 aromatic heterocycles. The molecule has 2 N–H and O–H groups in total. The van der Waals surface area contributed by atoms with E-state index in [4.69, 9.17) is 16.7 Å². The van der Waals surface area contributed by atoms with Gasteiger partial charge in [0.05, 0.1) is 12.5 Å². The zero-order valence-electron chi connectivity index (χ0n) is 11.2. The number of carbonyl (C=O) groups excluding carboxylic acids is 1. The number of benzene rings is 1. The van der Waals surface area contributed by atoms with Crippen molar-refractivity contribution in [3.63, 3.8) is 0 Å². The number of aliphatic carboxylic acids is 1. The van der Waals surface area contributed by atoms with Crippen molar-refractivity contribution in [3.8, 4) is 0 Å². The number of hydrogen-bond acceptors (Lipinski definition) is 2. The van der Waals surface area contributed by atoms with Gasteiger partial charge in [-0.15, -0.1) is 0 Å². The van der Waals surface area contributed by atoms with Gasteiger partial charge >= 0.3 is 12.0 Å². The SMILES string of the molecule is CC(NC(=O)N1CC(CC(=O)O)C1)c1ccccc1Cl. The van der Waals surface area contributed by atoms with E-state index in [0.717, 1.165) is 5.56 Å². The van der Waals surface area contributed by atoms with E-state index in [1.54, 1.807) is 11.0 Å². The lowest BCUT2D eigenvalue weighted by Crippen LogP contribution is -2.54. The van der Waals surface area contributed by atoms with Crippen LogP contribution in [0.25, 0.3) is 0 Å². The predicted octanol–water partition coefficient (Wildman–Crippen LogP) is 2.52. The fourth-order valence-electron chi connectivity index (χ4n) is 2.29. The van der Waals surface area contributed by atoms with Crippen molar-refractivity contribution >= 4 is 23.6 Å². The molecule has 1 heterocycles. The first-order valence-corrected chi connectivity index (χ1v) is 6.87. The Hall–Kier alpha value is -1.75. The van der Waals surface area contributed by atoms with Crippen molar-refractivity contribution in [2.75, 3.05) is 13.1 Å². The van der Waals surface area contributed by atoms with Crippen LogP contribution in [0.3, 0.4) is 0 Å². The molecule has 20 heavy (non-hydrogen) atoms. The quantitative estimate of drug-likeness (QED) is 0.897. The van der Waals surface area contributed by atoms with E-state index in [9.17, 15) is 9.59 Å². The number of nitrogens with zero attached hydrogens (tertiary/aromatic N) is 1. The second-order valence-corrected chi connectivity index (χ2v) is 5.47. The normalized spacial score (nSPS) is 16.4. The Kier molecular flexibility index (Phi) is 4.49. The first-order chi connectivity index (χ1) is 9.47. The number of nitrogens with one attached hydrogen (secondary N) is 1. The van der Waals surface area contributed by atoms with Gasteiger partial charge in [-0.05, 0) is 18.6 Å². The Bertz CT molecular complexity index is 515. The molecule has 0 bridgehead atoms. The van der Waals surface area contributed by atoms with Gasteiger partial charge < -0.3 is 15.3 Å². The molecule has 1 aliphatic rings. The number of rotatable bonds is 4. The Morgan fingerprint density at radius 1 is 1.45 bits per heavy atom. The van der Waals surface area contributed by atoms with Crippen LogP contribution in [0.1, 0.15) is 24.9 Å². The number of likely N-dealkylation sites (tertiary alicyclic amines) is 1. The van der Waals surface area contributed by atoms with Crippen molar-refractivity contribution in [1.82, 2.24) is 10.2 Å². The lowest BCUT2D eigenvalue weighted by molar-refractivity contribution is -0.139. The zero-order valence-corrected chi connectivity index (χ0v) is 11.9. The van der Waals surface area contributed by atoms with Gasteiger partial charge in [0, 0.05) is 24.0 Å². The van der Waals surface area contributed by atoms with Crippen molar-refractivity contribution < 1.29 is 14.7 Å². The first-order valence-electron chi connectivity index (χ1n) is 6.49. The summed E-state index contributed by atoms with van der Waals surface area (Å²) in [5.41, 5.74) is 0.866. The third-order valence-corrected chi connectivity index (χ3v) is 3.76. The highest BCUT2D eigenvalue weighted by Gasteiger charge is 2.32. The number of amides is 2. The van der Waals surface area contributed by atoms with Crippen LogP contribution in [0.15, 0.2) is 24.3 Å². The summed E-state index contributed by atoms with van der Waals surface area (Å²) < 4.78 is 0. The highest BCUT2D eigenvalue weighted by atomic mass is 35.5. The summed E-state index contributed by atoms with van der Waals surface area (Å²) in [5.74, 6) is -0.756. The molecular weight excluding hydrogens is 280 g/mol. The van der Waals surface area contributed by atoms with E-state index in [2.05, 4.69) is 5.32 Å². The Balaban J connectivity index is 1.84. The molecule has 1 unspecified atom stereocenters. The first kappa shape index (κ1) is 14.7. The van der Waals surface area contributed by atoms with Crippen molar-refractivity contribution in [1.29, 1.82) is 0 Å². The molecule has 1 atom stereocenters. The second-order valence-electron chi connectivity index (χ2n) is 5.06. The summed E-state index contributed by atoms with van der Waals surface area (Å²) in [6.45, 7) is 2.86. The smallest absolute Gasteiger partial charge is 0.317 e. The van der Waals surface area contributed by atoms with Crippen molar-refractivity contribution in [3.05, 3.63) is 34.9 Å². The third-order valence-electron chi connectivity index (χ3n) is 3.42. The Morgan fingerprint density at radius 2 is 2.10 bits per heavy atom. The number of carbonyl (C=O) groups is 2. The van der Waals surface area contributed by atoms with E-state index in [0.29, 0.717) is 18.1 Å². The van der Waals surface area contributed by atoms with Gasteiger partial charge in [0.25, 0.3) is 0 Å². The van der Waals surface area contributed by atoms with Crippen LogP contribution in [-0.4, -0.2) is 35.1 Å². The average molecular weight is 297 g/mol. The van der Waals surface area contributed by atoms with Gasteiger partial charge in [0.15, 0.2) is 0 Å². The summed E-state index contributed by atoms with van der Waals surface area (Å²) >= 11 is 6.08. The number of urea groups is 1. The minimum atomic E-state index is -0.820. The van der Waals surface area contributed by atoms with E-state index in [1.807, 2.05) is 25.1 Å². The molecule has 1 aromatic carbocycles. The lowest BCUT2D eigenvalue weighted by Gasteiger charge is -2.39. The summed E-state index contributed by atoms with van der Waals surface area (Å²) in [4.78, 5) is 24.1. The predicted molar refractivity (Wildman–Crippen MR) is 75.7 cm³/mol. The summed E-state index contributed by atoms with van der Waals surface area (Å²) in [7, 11) is 0. The molecule has 108 valence electrons. The van der Waals surface area contributed by atoms with Gasteiger partial charge in [-0.25, -0.2) is 4.79 Å². The largest absolute Gasteiger partial charge is 0.481 e. The number of carboxylic acids is 1. The monoisotopic (exact) mass is 296 g/mol. The van der Waals surface area contributed by atoms with Crippen LogP contribution in [0.2, 0.25) is 5.02 Å². The van der Waals surface area contributed by atoms with Gasteiger partial charge in [-0.2, -0.15) is 0 Å². The van der Waals surface area contributed by atoms with Crippen molar-refractivity contribution in [2.24, 2.45) is 5.92 Å². The molecule has 2 amide bonds. The van der Waals surface area contributed by atoms with E-state index in [1.165, 1.54) is 0 Å². The van der Waals surface area contributed by atoms with Gasteiger partial charge in [0.1, 0.15) is 0 Å². The maximum Gasteiger partial charge on any atom is 0.317 e. The minimum absolute atomic E-state index is 0.0638. The second kappa shape index (κ2) is 6.13. The molecule has 1 aromatic rings. The maximum absolute atomic E-state index is 12.0.